The molecular weight excluding hydrogens is 636 g/mol. The van der Waals surface area contributed by atoms with Gasteiger partial charge in [-0.15, -0.1) is 0 Å². The van der Waals surface area contributed by atoms with Crippen LogP contribution in [0.2, 0.25) is 0 Å². The minimum Gasteiger partial charge on any atom is -0.744 e. The van der Waals surface area contributed by atoms with Crippen LogP contribution < -0.4 is 15.9 Å². The summed E-state index contributed by atoms with van der Waals surface area (Å²) < 4.78 is 31.2. The van der Waals surface area contributed by atoms with Crippen LogP contribution in [-0.2, 0) is 30.5 Å². The molecule has 4 aromatic carbocycles. The quantitative estimate of drug-likeness (QED) is 0.159. The summed E-state index contributed by atoms with van der Waals surface area (Å²) in [6, 6.07) is 42.9. The number of pyridine rings is 1. The van der Waals surface area contributed by atoms with E-state index < -0.39 is 24.0 Å². The Balaban J connectivity index is 0.000000228. The molecule has 40 heavy (non-hydrogen) atoms. The number of carboxylic acid groups (broad SMARTS) is 1. The summed E-state index contributed by atoms with van der Waals surface area (Å²) in [5.74, 6) is -0.990. The molecule has 0 aliphatic rings. The fraction of sp³-hybridized carbons (Fsp3) is 0.0323. The Bertz CT molecular complexity index is 1450. The van der Waals surface area contributed by atoms with Crippen LogP contribution in [0.3, 0.4) is 0 Å². The van der Waals surface area contributed by atoms with Crippen LogP contribution in [0.4, 0.5) is 0 Å². The van der Waals surface area contributed by atoms with Gasteiger partial charge in [0.1, 0.15) is 15.8 Å². The third-order valence-corrected chi connectivity index (χ3v) is 8.53. The molecule has 1 aromatic heterocycles. The standard InChI is InChI=1S/C18H15P.C7H8O3S.C6H5NO2.Pd/c1-4-10-16(11-5-1)19(17-12-6-2-7-13-17)18-14-8-3-9-15-18;1-6-2-4-7(5-3-6)11(8,9)10;8-6(9)5-3-1-2-4-7-5;/h1-15H;2-5H,1H3,(H,8,9,10);1-4H,(H,8,9);/p-1. The first-order valence-corrected chi connectivity index (χ1v) is 14.6. The van der Waals surface area contributed by atoms with Crippen molar-refractivity contribution in [1.82, 2.24) is 4.98 Å². The number of aromatic nitrogens is 1. The van der Waals surface area contributed by atoms with Crippen molar-refractivity contribution in [2.75, 3.05) is 0 Å². The smallest absolute Gasteiger partial charge is 0.354 e. The molecule has 208 valence electrons. The molecule has 0 radical (unpaired) electrons. The third-order valence-electron chi connectivity index (χ3n) is 5.24. The number of hydrogen-bond acceptors (Lipinski definition) is 5. The molecule has 0 spiro atoms. The molecule has 0 fully saturated rings. The fourth-order valence-electron chi connectivity index (χ4n) is 3.37. The molecule has 1 heterocycles. The topological polar surface area (TPSA) is 107 Å². The predicted molar refractivity (Wildman–Crippen MR) is 155 cm³/mol. The molecule has 0 unspecified atom stereocenters. The zero-order valence-corrected chi connectivity index (χ0v) is 24.7. The van der Waals surface area contributed by atoms with E-state index in [0.717, 1.165) is 5.56 Å². The molecule has 1 N–H and O–H groups in total. The van der Waals surface area contributed by atoms with Crippen molar-refractivity contribution in [1.29, 1.82) is 0 Å². The average Bonchev–Trinajstić information content (AvgIpc) is 2.96. The maximum atomic E-state index is 10.4. The number of aromatic carboxylic acids is 1. The maximum Gasteiger partial charge on any atom is 0.354 e. The predicted octanol–water partition coefficient (Wildman–Crippen LogP) is 5.12. The van der Waals surface area contributed by atoms with Gasteiger partial charge in [-0.25, -0.2) is 18.2 Å². The monoisotopic (exact) mass is 662 g/mol. The Labute approximate surface area is 249 Å². The van der Waals surface area contributed by atoms with E-state index in [4.69, 9.17) is 5.11 Å². The number of benzene rings is 4. The first kappa shape index (κ1) is 32.7. The Kier molecular flexibility index (Phi) is 13.6. The van der Waals surface area contributed by atoms with Crippen LogP contribution in [0, 0.1) is 6.92 Å². The van der Waals surface area contributed by atoms with Gasteiger partial charge in [-0.1, -0.05) is 115 Å². The Morgan fingerprint density at radius 3 is 1.38 bits per heavy atom. The van der Waals surface area contributed by atoms with Gasteiger partial charge in [-0.3, -0.25) is 0 Å². The maximum absolute atomic E-state index is 10.4. The summed E-state index contributed by atoms with van der Waals surface area (Å²) in [5.41, 5.74) is 1.01. The van der Waals surface area contributed by atoms with Crippen LogP contribution in [0.25, 0.3) is 0 Å². The van der Waals surface area contributed by atoms with Crippen LogP contribution in [-0.4, -0.2) is 29.0 Å². The van der Waals surface area contributed by atoms with Crippen molar-refractivity contribution in [2.45, 2.75) is 11.8 Å². The van der Waals surface area contributed by atoms with Gasteiger partial charge in [0.2, 0.25) is 0 Å². The van der Waals surface area contributed by atoms with Gasteiger partial charge in [-0.05, 0) is 55.0 Å². The minimum atomic E-state index is -4.27. The van der Waals surface area contributed by atoms with Crippen LogP contribution >= 0.6 is 7.92 Å². The first-order valence-electron chi connectivity index (χ1n) is 11.9. The van der Waals surface area contributed by atoms with E-state index in [-0.39, 0.29) is 31.0 Å². The van der Waals surface area contributed by atoms with E-state index in [1.165, 1.54) is 40.3 Å². The summed E-state index contributed by atoms with van der Waals surface area (Å²) in [7, 11) is -4.72. The molecular formula is C31H27NO5PPdS-. The van der Waals surface area contributed by atoms with Crippen molar-refractivity contribution < 1.29 is 43.3 Å². The van der Waals surface area contributed by atoms with Crippen molar-refractivity contribution in [3.63, 3.8) is 0 Å². The Morgan fingerprint density at radius 1 is 0.675 bits per heavy atom. The first-order chi connectivity index (χ1) is 18.8. The second-order valence-corrected chi connectivity index (χ2v) is 11.7. The van der Waals surface area contributed by atoms with Crippen LogP contribution in [0.15, 0.2) is 145 Å². The summed E-state index contributed by atoms with van der Waals surface area (Å²) in [6.07, 6.45) is 1.45. The van der Waals surface area contributed by atoms with Crippen molar-refractivity contribution >= 4 is 39.9 Å². The molecule has 0 aliphatic heterocycles. The largest absolute Gasteiger partial charge is 0.744 e. The van der Waals surface area contributed by atoms with Crippen molar-refractivity contribution in [2.24, 2.45) is 0 Å². The number of nitrogens with zero attached hydrogens (tertiary/aromatic N) is 1. The van der Waals surface area contributed by atoms with E-state index in [1.54, 1.807) is 24.3 Å². The number of carboxylic acids is 1. The molecule has 6 nitrogen and oxygen atoms in total. The second kappa shape index (κ2) is 16.6. The Hall–Kier alpha value is -3.50. The second-order valence-electron chi connectivity index (χ2n) is 8.13. The zero-order valence-electron chi connectivity index (χ0n) is 21.5. The number of aryl methyl sites for hydroxylation is 1. The van der Waals surface area contributed by atoms with E-state index in [1.807, 2.05) is 6.92 Å². The molecule has 0 atom stereocenters. The fourth-order valence-corrected chi connectivity index (χ4v) is 6.15. The van der Waals surface area contributed by atoms with Crippen molar-refractivity contribution in [3.8, 4) is 0 Å². The SMILES string of the molecule is Cc1ccc(S(=O)(=O)[O-])cc1.O=C(O)c1ccccn1.[Pd].c1ccc(P(c2ccccc2)c2ccccc2)cc1. The molecule has 0 saturated heterocycles. The molecule has 9 heteroatoms. The molecule has 0 bridgehead atoms. The minimum absolute atomic E-state index is 0. The van der Waals surface area contributed by atoms with Crippen LogP contribution in [0.1, 0.15) is 16.1 Å². The molecule has 5 rings (SSSR count). The van der Waals surface area contributed by atoms with Gasteiger partial charge in [0, 0.05) is 26.6 Å². The zero-order chi connectivity index (χ0) is 28.1. The summed E-state index contributed by atoms with van der Waals surface area (Å²) in [4.78, 5) is 13.5. The normalized spacial score (nSPS) is 10.2. The average molecular weight is 663 g/mol. The van der Waals surface area contributed by atoms with Gasteiger partial charge in [0.25, 0.3) is 0 Å². The molecule has 0 amide bonds. The van der Waals surface area contributed by atoms with Gasteiger partial charge in [0.05, 0.1) is 4.90 Å². The summed E-state index contributed by atoms with van der Waals surface area (Å²) in [6.45, 7) is 1.82. The van der Waals surface area contributed by atoms with Gasteiger partial charge >= 0.3 is 5.97 Å². The summed E-state index contributed by atoms with van der Waals surface area (Å²) >= 11 is 0. The van der Waals surface area contributed by atoms with E-state index in [9.17, 15) is 17.8 Å². The van der Waals surface area contributed by atoms with Crippen molar-refractivity contribution in [3.05, 3.63) is 151 Å². The third kappa shape index (κ3) is 10.6. The van der Waals surface area contributed by atoms with Gasteiger partial charge in [0.15, 0.2) is 0 Å². The summed E-state index contributed by atoms with van der Waals surface area (Å²) in [5, 5.41) is 12.5. The van der Waals surface area contributed by atoms with E-state index in [2.05, 4.69) is 96.0 Å². The van der Waals surface area contributed by atoms with Gasteiger partial charge in [-0.2, -0.15) is 0 Å². The van der Waals surface area contributed by atoms with Crippen LogP contribution in [0.5, 0.6) is 0 Å². The van der Waals surface area contributed by atoms with E-state index >= 15 is 0 Å². The number of rotatable bonds is 5. The Morgan fingerprint density at radius 2 is 1.07 bits per heavy atom. The molecule has 0 aliphatic carbocycles. The number of hydrogen-bond donors (Lipinski definition) is 1. The van der Waals surface area contributed by atoms with E-state index in [0.29, 0.717) is 0 Å². The van der Waals surface area contributed by atoms with Gasteiger partial charge < -0.3 is 9.66 Å². The molecule has 5 aromatic rings. The molecule has 0 saturated carbocycles. The number of carbonyl (C=O) groups is 1.